The minimum Gasteiger partial charge on any atom is -0.281 e. The number of hydrogen-bond donors (Lipinski definition) is 2. The Balaban J connectivity index is 2.38. The van der Waals surface area contributed by atoms with Crippen molar-refractivity contribution in [1.29, 1.82) is 0 Å². The van der Waals surface area contributed by atoms with Crippen LogP contribution in [0.2, 0.25) is 0 Å². The van der Waals surface area contributed by atoms with Crippen LogP contribution in [0.25, 0.3) is 0 Å². The van der Waals surface area contributed by atoms with Crippen molar-refractivity contribution in [3.8, 4) is 0 Å². The van der Waals surface area contributed by atoms with E-state index in [1.54, 1.807) is 6.92 Å². The molecule has 1 aromatic heterocycles. The fourth-order valence-corrected chi connectivity index (χ4v) is 2.55. The molecule has 1 rings (SSSR count). The molecular weight excluding hydrogens is 271 g/mol. The highest BCUT2D eigenvalue weighted by Gasteiger charge is 2.26. The van der Waals surface area contributed by atoms with E-state index in [9.17, 15) is 21.6 Å². The highest BCUT2D eigenvalue weighted by Crippen LogP contribution is 2.22. The Morgan fingerprint density at radius 1 is 1.39 bits per heavy atom. The molecule has 1 aromatic rings. The molecule has 104 valence electrons. The largest absolute Gasteiger partial charge is 0.389 e. The molecule has 0 spiro atoms. The van der Waals surface area contributed by atoms with Gasteiger partial charge in [0.2, 0.25) is 10.0 Å². The van der Waals surface area contributed by atoms with E-state index in [2.05, 4.69) is 14.9 Å². The van der Waals surface area contributed by atoms with E-state index in [-0.39, 0.29) is 24.3 Å². The summed E-state index contributed by atoms with van der Waals surface area (Å²) in [5.74, 6) is 0. The molecule has 0 amide bonds. The first kappa shape index (κ1) is 15.0. The van der Waals surface area contributed by atoms with Crippen molar-refractivity contribution in [2.45, 2.75) is 37.3 Å². The van der Waals surface area contributed by atoms with Crippen LogP contribution < -0.4 is 4.72 Å². The Bertz CT molecular complexity index is 481. The lowest BCUT2D eigenvalue weighted by Gasteiger charge is -2.07. The van der Waals surface area contributed by atoms with Gasteiger partial charge in [-0.25, -0.2) is 13.1 Å². The number of aryl methyl sites for hydroxylation is 1. The van der Waals surface area contributed by atoms with Crippen LogP contribution in [0.3, 0.4) is 0 Å². The maximum Gasteiger partial charge on any atom is 0.389 e. The van der Waals surface area contributed by atoms with Gasteiger partial charge in [-0.2, -0.15) is 18.3 Å². The second-order valence-corrected chi connectivity index (χ2v) is 5.56. The number of aromatic nitrogens is 2. The lowest BCUT2D eigenvalue weighted by atomic mass is 10.2. The number of H-pyrrole nitrogens is 1. The third kappa shape index (κ3) is 4.65. The maximum atomic E-state index is 11.8. The maximum absolute atomic E-state index is 11.8. The van der Waals surface area contributed by atoms with Crippen LogP contribution in [0.5, 0.6) is 0 Å². The van der Waals surface area contributed by atoms with Crippen LogP contribution in [0.15, 0.2) is 11.1 Å². The molecule has 0 aromatic carbocycles. The quantitative estimate of drug-likeness (QED) is 0.782. The average molecular weight is 285 g/mol. The first-order valence-corrected chi connectivity index (χ1v) is 6.77. The Morgan fingerprint density at radius 2 is 2.06 bits per heavy atom. The van der Waals surface area contributed by atoms with Crippen LogP contribution in [0.4, 0.5) is 13.2 Å². The summed E-state index contributed by atoms with van der Waals surface area (Å²) >= 11 is 0. The number of alkyl halides is 3. The molecule has 0 atom stereocenters. The summed E-state index contributed by atoms with van der Waals surface area (Å²) in [5, 5.41) is 6.05. The zero-order valence-corrected chi connectivity index (χ0v) is 10.5. The van der Waals surface area contributed by atoms with Gasteiger partial charge >= 0.3 is 6.18 Å². The molecule has 1 heterocycles. The van der Waals surface area contributed by atoms with Gasteiger partial charge in [-0.1, -0.05) is 0 Å². The van der Waals surface area contributed by atoms with Crippen LogP contribution in [-0.4, -0.2) is 31.3 Å². The lowest BCUT2D eigenvalue weighted by molar-refractivity contribution is -0.135. The second-order valence-electron chi connectivity index (χ2n) is 3.83. The van der Waals surface area contributed by atoms with Crippen molar-refractivity contribution < 1.29 is 21.6 Å². The van der Waals surface area contributed by atoms with Crippen molar-refractivity contribution in [1.82, 2.24) is 14.9 Å². The van der Waals surface area contributed by atoms with Gasteiger partial charge in [-0.3, -0.25) is 5.10 Å². The number of nitrogens with one attached hydrogen (secondary N) is 2. The molecule has 0 saturated carbocycles. The summed E-state index contributed by atoms with van der Waals surface area (Å²) in [6, 6.07) is 0. The topological polar surface area (TPSA) is 74.8 Å². The smallest absolute Gasteiger partial charge is 0.281 e. The summed E-state index contributed by atoms with van der Waals surface area (Å²) < 4.78 is 61.1. The number of rotatable bonds is 6. The Hall–Kier alpha value is -1.09. The number of hydrogen-bond acceptors (Lipinski definition) is 3. The zero-order valence-electron chi connectivity index (χ0n) is 9.71. The Morgan fingerprint density at radius 3 is 2.56 bits per heavy atom. The second kappa shape index (κ2) is 5.70. The molecule has 0 aliphatic heterocycles. The standard InChI is InChI=1S/C9H14F3N3O2S/c1-7-8(6-13-15-7)18(16,17)14-5-3-2-4-9(10,11)12/h6,14H,2-5H2,1H3,(H,13,15). The van der Waals surface area contributed by atoms with Gasteiger partial charge in [0.25, 0.3) is 0 Å². The highest BCUT2D eigenvalue weighted by atomic mass is 32.2. The van der Waals surface area contributed by atoms with Gasteiger partial charge in [-0.05, 0) is 19.8 Å². The van der Waals surface area contributed by atoms with Crippen molar-refractivity contribution >= 4 is 10.0 Å². The summed E-state index contributed by atoms with van der Waals surface area (Å²) in [6.07, 6.45) is -3.90. The molecule has 18 heavy (non-hydrogen) atoms. The van der Waals surface area contributed by atoms with Gasteiger partial charge < -0.3 is 0 Å². The molecule has 0 saturated heterocycles. The molecule has 9 heteroatoms. The summed E-state index contributed by atoms with van der Waals surface area (Å²) in [4.78, 5) is 0.0123. The number of nitrogens with zero attached hydrogens (tertiary/aromatic N) is 1. The van der Waals surface area contributed by atoms with E-state index >= 15 is 0 Å². The number of sulfonamides is 1. The van der Waals surface area contributed by atoms with Crippen molar-refractivity contribution in [3.05, 3.63) is 11.9 Å². The fourth-order valence-electron chi connectivity index (χ4n) is 1.35. The van der Waals surface area contributed by atoms with Crippen LogP contribution >= 0.6 is 0 Å². The molecule has 5 nitrogen and oxygen atoms in total. The van der Waals surface area contributed by atoms with Gasteiger partial charge in [0.15, 0.2) is 0 Å². The van der Waals surface area contributed by atoms with E-state index in [4.69, 9.17) is 0 Å². The Labute approximate surface area is 103 Å². The van der Waals surface area contributed by atoms with Crippen LogP contribution in [0.1, 0.15) is 25.0 Å². The van der Waals surface area contributed by atoms with Crippen molar-refractivity contribution in [2.24, 2.45) is 0 Å². The predicted molar refractivity (Wildman–Crippen MR) is 58.4 cm³/mol. The summed E-state index contributed by atoms with van der Waals surface area (Å²) in [7, 11) is -3.69. The highest BCUT2D eigenvalue weighted by molar-refractivity contribution is 7.89. The molecule has 2 N–H and O–H groups in total. The van der Waals surface area contributed by atoms with Crippen molar-refractivity contribution in [3.63, 3.8) is 0 Å². The van der Waals surface area contributed by atoms with E-state index in [0.29, 0.717) is 5.69 Å². The normalized spacial score (nSPS) is 12.9. The van der Waals surface area contributed by atoms with Crippen molar-refractivity contribution in [2.75, 3.05) is 6.54 Å². The molecule has 0 aliphatic rings. The van der Waals surface area contributed by atoms with Gasteiger partial charge in [0.05, 0.1) is 11.9 Å². The third-order valence-electron chi connectivity index (χ3n) is 2.25. The first-order valence-electron chi connectivity index (χ1n) is 5.29. The van der Waals surface area contributed by atoms with Gasteiger partial charge in [0.1, 0.15) is 4.90 Å². The minimum absolute atomic E-state index is 0.0123. The average Bonchev–Trinajstić information content (AvgIpc) is 2.62. The first-order chi connectivity index (χ1) is 8.22. The third-order valence-corrected chi connectivity index (χ3v) is 3.83. The minimum atomic E-state index is -4.19. The lowest BCUT2D eigenvalue weighted by Crippen LogP contribution is -2.25. The Kier molecular flexibility index (Phi) is 4.74. The summed E-state index contributed by atoms with van der Waals surface area (Å²) in [5.41, 5.74) is 0.387. The zero-order chi connectivity index (χ0) is 13.8. The van der Waals surface area contributed by atoms with E-state index in [1.807, 2.05) is 0 Å². The monoisotopic (exact) mass is 285 g/mol. The number of halogens is 3. The fraction of sp³-hybridized carbons (Fsp3) is 0.667. The number of unbranched alkanes of at least 4 members (excludes halogenated alkanes) is 1. The predicted octanol–water partition coefficient (Wildman–Crippen LogP) is 1.73. The number of aromatic amines is 1. The van der Waals surface area contributed by atoms with Gasteiger partial charge in [0, 0.05) is 13.0 Å². The molecule has 0 fully saturated rings. The van der Waals surface area contributed by atoms with Crippen LogP contribution in [-0.2, 0) is 10.0 Å². The molecule has 0 radical (unpaired) electrons. The van der Waals surface area contributed by atoms with E-state index < -0.39 is 22.6 Å². The van der Waals surface area contributed by atoms with Crippen LogP contribution in [0, 0.1) is 6.92 Å². The molecule has 0 unspecified atom stereocenters. The van der Waals surface area contributed by atoms with Gasteiger partial charge in [-0.15, -0.1) is 0 Å². The molecule has 0 bridgehead atoms. The van der Waals surface area contributed by atoms with E-state index in [0.717, 1.165) is 6.20 Å². The summed E-state index contributed by atoms with van der Waals surface area (Å²) in [6.45, 7) is 1.52. The van der Waals surface area contributed by atoms with E-state index in [1.165, 1.54) is 0 Å². The molecule has 0 aliphatic carbocycles. The SMILES string of the molecule is Cc1[nH]ncc1S(=O)(=O)NCCCCC(F)(F)F. The molecular formula is C9H14F3N3O2S.